The quantitative estimate of drug-likeness (QED) is 0.495. The average Bonchev–Trinajstić information content (AvgIpc) is 2.74. The van der Waals surface area contributed by atoms with Crippen molar-refractivity contribution in [1.29, 1.82) is 0 Å². The van der Waals surface area contributed by atoms with Gasteiger partial charge in [0.25, 0.3) is 26.0 Å². The summed E-state index contributed by atoms with van der Waals surface area (Å²) < 4.78 is 51.2. The Morgan fingerprint density at radius 2 is 1.10 bits per heavy atom. The van der Waals surface area contributed by atoms with Crippen LogP contribution in [-0.4, -0.2) is 22.7 Å². The number of nitrogens with one attached hydrogen (secondary N) is 3. The molecule has 0 aromatic heterocycles. The third kappa shape index (κ3) is 5.19. The van der Waals surface area contributed by atoms with Crippen molar-refractivity contribution in [2.75, 3.05) is 4.72 Å². The third-order valence-electron chi connectivity index (χ3n) is 3.81. The van der Waals surface area contributed by atoms with Gasteiger partial charge >= 0.3 is 0 Å². The number of hydrogen-bond donors (Lipinski definition) is 3. The number of benzene rings is 3. The smallest absolute Gasteiger partial charge is 0.266 e. The number of hydrogen-bond acceptors (Lipinski definition) is 5. The van der Waals surface area contributed by atoms with Gasteiger partial charge in [0.1, 0.15) is 0 Å². The monoisotopic (exact) mass is 431 g/mol. The van der Waals surface area contributed by atoms with Gasteiger partial charge < -0.3 is 0 Å². The van der Waals surface area contributed by atoms with Gasteiger partial charge in [-0.3, -0.25) is 14.9 Å². The molecule has 0 saturated heterocycles. The summed E-state index contributed by atoms with van der Waals surface area (Å²) in [5, 5.41) is 0. The second-order valence-electron chi connectivity index (χ2n) is 5.87. The summed E-state index contributed by atoms with van der Waals surface area (Å²) in [5.74, 6) is -0.693. The molecule has 3 aromatic rings. The van der Waals surface area contributed by atoms with Gasteiger partial charge in [0, 0.05) is 11.3 Å². The zero-order chi connectivity index (χ0) is 20.9. The molecule has 0 atom stereocenters. The Hall–Kier alpha value is -3.21. The lowest BCUT2D eigenvalue weighted by Crippen LogP contribution is -2.41. The molecule has 0 bridgehead atoms. The highest BCUT2D eigenvalue weighted by molar-refractivity contribution is 7.92. The molecule has 3 N–H and O–H groups in total. The molecule has 3 aromatic carbocycles. The fourth-order valence-electron chi connectivity index (χ4n) is 2.35. The number of hydrazine groups is 1. The van der Waals surface area contributed by atoms with Crippen molar-refractivity contribution in [3.63, 3.8) is 0 Å². The fourth-order valence-corrected chi connectivity index (χ4v) is 4.29. The van der Waals surface area contributed by atoms with E-state index < -0.39 is 26.0 Å². The van der Waals surface area contributed by atoms with Gasteiger partial charge in [0.15, 0.2) is 0 Å². The van der Waals surface area contributed by atoms with Gasteiger partial charge in [0.2, 0.25) is 0 Å². The molecule has 29 heavy (non-hydrogen) atoms. The zero-order valence-corrected chi connectivity index (χ0v) is 16.6. The molecule has 10 heteroatoms. The van der Waals surface area contributed by atoms with Crippen molar-refractivity contribution in [2.45, 2.75) is 9.79 Å². The molecule has 0 aliphatic heterocycles. The number of amides is 1. The van der Waals surface area contributed by atoms with Crippen LogP contribution in [0.4, 0.5) is 5.69 Å². The van der Waals surface area contributed by atoms with E-state index in [1.54, 1.807) is 36.4 Å². The van der Waals surface area contributed by atoms with E-state index in [1.807, 2.05) is 4.83 Å². The maximum absolute atomic E-state index is 12.3. The first-order valence-corrected chi connectivity index (χ1v) is 11.3. The standard InChI is InChI=1S/C19H17N3O5S2/c23-19(20-22-29(26,27)18-9-5-2-6-10-18)15-11-13-16(14-12-15)21-28(24,25)17-7-3-1-4-8-17/h1-14,21-22H,(H,20,23). The highest BCUT2D eigenvalue weighted by atomic mass is 32.2. The molecule has 0 radical (unpaired) electrons. The Morgan fingerprint density at radius 3 is 1.62 bits per heavy atom. The van der Waals surface area contributed by atoms with Crippen LogP contribution in [-0.2, 0) is 20.0 Å². The van der Waals surface area contributed by atoms with Crippen molar-refractivity contribution in [1.82, 2.24) is 10.3 Å². The van der Waals surface area contributed by atoms with Crippen molar-refractivity contribution in [3.8, 4) is 0 Å². The van der Waals surface area contributed by atoms with E-state index in [0.717, 1.165) is 0 Å². The SMILES string of the molecule is O=C(NNS(=O)(=O)c1ccccc1)c1ccc(NS(=O)(=O)c2ccccc2)cc1. The van der Waals surface area contributed by atoms with Gasteiger partial charge in [0.05, 0.1) is 9.79 Å². The van der Waals surface area contributed by atoms with E-state index in [-0.39, 0.29) is 21.0 Å². The van der Waals surface area contributed by atoms with Crippen LogP contribution in [0.5, 0.6) is 0 Å². The summed E-state index contributed by atoms with van der Waals surface area (Å²) in [7, 11) is -7.65. The van der Waals surface area contributed by atoms with Crippen LogP contribution in [0.15, 0.2) is 94.7 Å². The second kappa shape index (κ2) is 8.43. The van der Waals surface area contributed by atoms with Crippen molar-refractivity contribution >= 4 is 31.6 Å². The molecule has 0 unspecified atom stereocenters. The lowest BCUT2D eigenvalue weighted by Gasteiger charge is -2.10. The van der Waals surface area contributed by atoms with Gasteiger partial charge in [-0.1, -0.05) is 36.4 Å². The Bertz CT molecular complexity index is 1200. The van der Waals surface area contributed by atoms with Crippen LogP contribution in [0, 0.1) is 0 Å². The summed E-state index contributed by atoms with van der Waals surface area (Å²) in [6, 6.07) is 21.0. The normalized spacial score (nSPS) is 11.6. The van der Waals surface area contributed by atoms with Gasteiger partial charge in [-0.25, -0.2) is 16.8 Å². The van der Waals surface area contributed by atoms with E-state index in [2.05, 4.69) is 10.1 Å². The minimum absolute atomic E-state index is 0.00552. The molecule has 0 aliphatic carbocycles. The Kier molecular flexibility index (Phi) is 5.97. The summed E-state index contributed by atoms with van der Waals surface area (Å²) in [6.45, 7) is 0. The lowest BCUT2D eigenvalue weighted by molar-refractivity contribution is 0.0945. The zero-order valence-electron chi connectivity index (χ0n) is 14.9. The van der Waals surface area contributed by atoms with E-state index in [1.165, 1.54) is 48.5 Å². The number of carbonyl (C=O) groups excluding carboxylic acids is 1. The van der Waals surface area contributed by atoms with E-state index >= 15 is 0 Å². The van der Waals surface area contributed by atoms with Gasteiger partial charge in [-0.15, -0.1) is 4.83 Å². The third-order valence-corrected chi connectivity index (χ3v) is 6.47. The number of carbonyl (C=O) groups is 1. The highest BCUT2D eigenvalue weighted by Gasteiger charge is 2.16. The first kappa shape index (κ1) is 20.5. The number of sulfonamides is 2. The van der Waals surface area contributed by atoms with Crippen LogP contribution in [0.3, 0.4) is 0 Å². The summed E-state index contributed by atoms with van der Waals surface area (Å²) in [4.78, 5) is 14.3. The molecular formula is C19H17N3O5S2. The molecule has 1 amide bonds. The van der Waals surface area contributed by atoms with Crippen molar-refractivity contribution < 1.29 is 21.6 Å². The predicted molar refractivity (Wildman–Crippen MR) is 108 cm³/mol. The molecule has 0 aliphatic rings. The first-order chi connectivity index (χ1) is 13.8. The van der Waals surface area contributed by atoms with Gasteiger partial charge in [-0.2, -0.15) is 0 Å². The molecule has 0 heterocycles. The Labute approximate surface area is 168 Å². The van der Waals surface area contributed by atoms with Crippen molar-refractivity contribution in [3.05, 3.63) is 90.5 Å². The molecule has 0 saturated carbocycles. The van der Waals surface area contributed by atoms with E-state index in [4.69, 9.17) is 0 Å². The molecule has 0 spiro atoms. The van der Waals surface area contributed by atoms with Crippen LogP contribution in [0.2, 0.25) is 0 Å². The summed E-state index contributed by atoms with van der Waals surface area (Å²) in [6.07, 6.45) is 0. The molecule has 150 valence electrons. The van der Waals surface area contributed by atoms with E-state index in [9.17, 15) is 21.6 Å². The molecule has 8 nitrogen and oxygen atoms in total. The topological polar surface area (TPSA) is 121 Å². The lowest BCUT2D eigenvalue weighted by atomic mass is 10.2. The maximum Gasteiger partial charge on any atom is 0.266 e. The van der Waals surface area contributed by atoms with Crippen LogP contribution in [0.25, 0.3) is 0 Å². The fraction of sp³-hybridized carbons (Fsp3) is 0. The summed E-state index contributed by atoms with van der Waals surface area (Å²) in [5.41, 5.74) is 2.52. The van der Waals surface area contributed by atoms with Crippen LogP contribution in [0.1, 0.15) is 10.4 Å². The predicted octanol–water partition coefficient (Wildman–Crippen LogP) is 2.11. The number of rotatable bonds is 7. The minimum Gasteiger partial charge on any atom is -0.280 e. The second-order valence-corrected chi connectivity index (χ2v) is 9.23. The van der Waals surface area contributed by atoms with E-state index in [0.29, 0.717) is 0 Å². The highest BCUT2D eigenvalue weighted by Crippen LogP contribution is 2.16. The van der Waals surface area contributed by atoms with Crippen LogP contribution < -0.4 is 15.0 Å². The van der Waals surface area contributed by atoms with Crippen LogP contribution >= 0.6 is 0 Å². The minimum atomic E-state index is -3.90. The van der Waals surface area contributed by atoms with Crippen molar-refractivity contribution in [2.24, 2.45) is 0 Å². The Morgan fingerprint density at radius 1 is 0.621 bits per heavy atom. The summed E-state index contributed by atoms with van der Waals surface area (Å²) >= 11 is 0. The largest absolute Gasteiger partial charge is 0.280 e. The van der Waals surface area contributed by atoms with Gasteiger partial charge in [-0.05, 0) is 48.5 Å². The molecule has 0 fully saturated rings. The molecular weight excluding hydrogens is 414 g/mol. The maximum atomic E-state index is 12.3. The molecule has 3 rings (SSSR count). The Balaban J connectivity index is 1.65. The number of anilines is 1. The average molecular weight is 431 g/mol. The first-order valence-electron chi connectivity index (χ1n) is 8.33.